The molecular formula is C38H71NO8. The zero-order valence-electron chi connectivity index (χ0n) is 29.8. The normalized spacial score (nSPS) is 23.1. The summed E-state index contributed by atoms with van der Waals surface area (Å²) in [5.41, 5.74) is 0. The molecule has 7 atom stereocenters. The number of nitrogens with one attached hydrogen (secondary N) is 1. The van der Waals surface area contributed by atoms with E-state index in [2.05, 4.69) is 31.3 Å². The Hall–Kier alpha value is -1.33. The largest absolute Gasteiger partial charge is 0.394 e. The van der Waals surface area contributed by atoms with Gasteiger partial charge in [-0.1, -0.05) is 141 Å². The minimum absolute atomic E-state index is 0.194. The third kappa shape index (κ3) is 21.4. The molecule has 47 heavy (non-hydrogen) atoms. The number of carbonyl (C=O) groups excluding carboxylic acids is 1. The Morgan fingerprint density at radius 2 is 1.21 bits per heavy atom. The highest BCUT2D eigenvalue weighted by Gasteiger charge is 2.44. The molecule has 1 aliphatic heterocycles. The van der Waals surface area contributed by atoms with E-state index in [1.807, 2.05) is 6.08 Å². The highest BCUT2D eigenvalue weighted by molar-refractivity contribution is 5.76. The van der Waals surface area contributed by atoms with Crippen LogP contribution >= 0.6 is 0 Å². The molecule has 0 aromatic rings. The third-order valence-electron chi connectivity index (χ3n) is 9.03. The molecular weight excluding hydrogens is 598 g/mol. The number of unbranched alkanes of at least 4 members (excludes halogenated alkanes) is 18. The van der Waals surface area contributed by atoms with Crippen molar-refractivity contribution in [2.24, 2.45) is 0 Å². The molecule has 0 saturated carbocycles. The molecule has 1 fully saturated rings. The molecule has 1 heterocycles. The minimum atomic E-state index is -1.57. The number of aliphatic hydroxyl groups excluding tert-OH is 5. The molecule has 276 valence electrons. The molecule has 9 nitrogen and oxygen atoms in total. The third-order valence-corrected chi connectivity index (χ3v) is 9.03. The number of rotatable bonds is 30. The molecule has 7 unspecified atom stereocenters. The van der Waals surface area contributed by atoms with Gasteiger partial charge >= 0.3 is 0 Å². The average Bonchev–Trinajstić information content (AvgIpc) is 3.07. The van der Waals surface area contributed by atoms with E-state index in [1.165, 1.54) is 96.3 Å². The van der Waals surface area contributed by atoms with E-state index < -0.39 is 49.5 Å². The zero-order valence-corrected chi connectivity index (χ0v) is 29.8. The van der Waals surface area contributed by atoms with Gasteiger partial charge in [-0.15, -0.1) is 0 Å². The van der Waals surface area contributed by atoms with Gasteiger partial charge in [0, 0.05) is 6.42 Å². The number of amides is 1. The van der Waals surface area contributed by atoms with Crippen LogP contribution in [-0.4, -0.2) is 87.5 Å². The number of allylic oxidation sites excluding steroid dienone is 3. The van der Waals surface area contributed by atoms with Gasteiger partial charge in [0.05, 0.1) is 25.4 Å². The van der Waals surface area contributed by atoms with E-state index in [9.17, 15) is 30.3 Å². The summed E-state index contributed by atoms with van der Waals surface area (Å²) in [5, 5.41) is 53.7. The van der Waals surface area contributed by atoms with Crippen molar-refractivity contribution in [2.45, 2.75) is 198 Å². The van der Waals surface area contributed by atoms with E-state index in [0.717, 1.165) is 38.5 Å². The molecule has 9 heteroatoms. The van der Waals surface area contributed by atoms with Crippen molar-refractivity contribution < 1.29 is 39.8 Å². The Kier molecular flexibility index (Phi) is 27.5. The van der Waals surface area contributed by atoms with Crippen LogP contribution in [-0.2, 0) is 14.3 Å². The maximum Gasteiger partial charge on any atom is 0.220 e. The smallest absolute Gasteiger partial charge is 0.220 e. The van der Waals surface area contributed by atoms with Crippen LogP contribution in [0, 0.1) is 0 Å². The van der Waals surface area contributed by atoms with E-state index in [1.54, 1.807) is 6.08 Å². The van der Waals surface area contributed by atoms with Gasteiger partial charge in [-0.05, 0) is 32.1 Å². The predicted molar refractivity (Wildman–Crippen MR) is 189 cm³/mol. The second-order valence-electron chi connectivity index (χ2n) is 13.4. The lowest BCUT2D eigenvalue weighted by Crippen LogP contribution is -2.60. The van der Waals surface area contributed by atoms with Gasteiger partial charge in [-0.2, -0.15) is 0 Å². The molecule has 0 bridgehead atoms. The molecule has 0 aromatic carbocycles. The summed E-state index contributed by atoms with van der Waals surface area (Å²) in [7, 11) is 0. The topological polar surface area (TPSA) is 149 Å². The fourth-order valence-electron chi connectivity index (χ4n) is 5.88. The van der Waals surface area contributed by atoms with Crippen LogP contribution in [0.25, 0.3) is 0 Å². The van der Waals surface area contributed by atoms with E-state index >= 15 is 0 Å². The molecule has 1 amide bonds. The highest BCUT2D eigenvalue weighted by Crippen LogP contribution is 2.22. The van der Waals surface area contributed by atoms with Crippen LogP contribution in [0.3, 0.4) is 0 Å². The van der Waals surface area contributed by atoms with Gasteiger partial charge in [0.15, 0.2) is 6.29 Å². The van der Waals surface area contributed by atoms with Crippen molar-refractivity contribution in [3.8, 4) is 0 Å². The van der Waals surface area contributed by atoms with Crippen LogP contribution in [0.5, 0.6) is 0 Å². The number of ether oxygens (including phenoxy) is 2. The second kappa shape index (κ2) is 29.6. The van der Waals surface area contributed by atoms with Crippen molar-refractivity contribution in [3.63, 3.8) is 0 Å². The van der Waals surface area contributed by atoms with Gasteiger partial charge in [0.2, 0.25) is 5.91 Å². The maximum atomic E-state index is 12.8. The van der Waals surface area contributed by atoms with Gasteiger partial charge in [0.25, 0.3) is 0 Å². The van der Waals surface area contributed by atoms with Gasteiger partial charge in [-0.25, -0.2) is 0 Å². The monoisotopic (exact) mass is 670 g/mol. The molecule has 1 saturated heterocycles. The highest BCUT2D eigenvalue weighted by atomic mass is 16.7. The molecule has 0 aromatic heterocycles. The van der Waals surface area contributed by atoms with Crippen LogP contribution in [0.15, 0.2) is 24.3 Å². The molecule has 0 radical (unpaired) electrons. The van der Waals surface area contributed by atoms with E-state index in [4.69, 9.17) is 9.47 Å². The zero-order chi connectivity index (χ0) is 34.5. The average molecular weight is 670 g/mol. The number of hydrogen-bond acceptors (Lipinski definition) is 8. The Morgan fingerprint density at radius 3 is 1.79 bits per heavy atom. The standard InChI is InChI=1S/C38H71NO8/c1-3-5-7-9-11-13-14-15-16-17-18-19-20-21-23-25-27-32(41)31(39-34(42)28-26-24-22-12-10-8-6-4-2)30-46-38-37(45)36(44)35(43)33(29-40)47-38/h19-20,25,27,31-33,35-38,40-41,43-45H,3-18,21-24,26,28-30H2,1-2H3,(H,39,42)/b20-19+,27-25+. The van der Waals surface area contributed by atoms with Crippen LogP contribution in [0.1, 0.15) is 155 Å². The summed E-state index contributed by atoms with van der Waals surface area (Å²) < 4.78 is 11.1. The number of carbonyl (C=O) groups is 1. The number of hydrogen-bond donors (Lipinski definition) is 6. The lowest BCUT2D eigenvalue weighted by Gasteiger charge is -2.40. The van der Waals surface area contributed by atoms with Crippen molar-refractivity contribution in [2.75, 3.05) is 13.2 Å². The molecule has 1 aliphatic rings. The summed E-state index contributed by atoms with van der Waals surface area (Å²) in [6.45, 7) is 3.69. The first-order valence-electron chi connectivity index (χ1n) is 19.1. The fraction of sp³-hybridized carbons (Fsp3) is 0.868. The minimum Gasteiger partial charge on any atom is -0.394 e. The first-order chi connectivity index (χ1) is 22.8. The Labute approximate surface area is 286 Å². The van der Waals surface area contributed by atoms with E-state index in [-0.39, 0.29) is 12.5 Å². The maximum absolute atomic E-state index is 12.8. The van der Waals surface area contributed by atoms with Gasteiger partial charge in [0.1, 0.15) is 24.4 Å². The summed E-state index contributed by atoms with van der Waals surface area (Å²) in [6.07, 6.45) is 25.2. The molecule has 0 spiro atoms. The quantitative estimate of drug-likeness (QED) is 0.0381. The van der Waals surface area contributed by atoms with Crippen LogP contribution in [0.4, 0.5) is 0 Å². The fourth-order valence-corrected chi connectivity index (χ4v) is 5.88. The first-order valence-corrected chi connectivity index (χ1v) is 19.1. The summed E-state index contributed by atoms with van der Waals surface area (Å²) in [6, 6.07) is -0.813. The molecule has 6 N–H and O–H groups in total. The first kappa shape index (κ1) is 43.7. The Bertz CT molecular complexity index is 792. The Morgan fingerprint density at radius 1 is 0.702 bits per heavy atom. The van der Waals surface area contributed by atoms with Crippen molar-refractivity contribution in [1.29, 1.82) is 0 Å². The predicted octanol–water partition coefficient (Wildman–Crippen LogP) is 6.38. The number of aliphatic hydroxyl groups is 5. The summed E-state index contributed by atoms with van der Waals surface area (Å²) in [4.78, 5) is 12.8. The lowest BCUT2D eigenvalue weighted by molar-refractivity contribution is -0.302. The van der Waals surface area contributed by atoms with E-state index in [0.29, 0.717) is 6.42 Å². The molecule has 1 rings (SSSR count). The summed E-state index contributed by atoms with van der Waals surface area (Å²) in [5.74, 6) is -0.194. The lowest BCUT2D eigenvalue weighted by atomic mass is 9.99. The van der Waals surface area contributed by atoms with Crippen molar-refractivity contribution in [3.05, 3.63) is 24.3 Å². The van der Waals surface area contributed by atoms with Gasteiger partial charge in [-0.3, -0.25) is 4.79 Å². The summed E-state index contributed by atoms with van der Waals surface area (Å²) >= 11 is 0. The van der Waals surface area contributed by atoms with Crippen molar-refractivity contribution >= 4 is 5.91 Å². The SMILES string of the molecule is CCCCCCCCCCCC/C=C/CC/C=C/C(O)C(COC1OC(CO)C(O)C(O)C1O)NC(=O)CCCCCCCCCC. The molecule has 0 aliphatic carbocycles. The van der Waals surface area contributed by atoms with Crippen LogP contribution < -0.4 is 5.32 Å². The van der Waals surface area contributed by atoms with Crippen LogP contribution in [0.2, 0.25) is 0 Å². The second-order valence-corrected chi connectivity index (χ2v) is 13.4. The van der Waals surface area contributed by atoms with Crippen molar-refractivity contribution in [1.82, 2.24) is 5.32 Å². The van der Waals surface area contributed by atoms with Gasteiger partial charge < -0.3 is 40.3 Å². The Balaban J connectivity index is 2.47.